The quantitative estimate of drug-likeness (QED) is 0.487. The molecule has 0 aliphatic carbocycles. The first-order chi connectivity index (χ1) is 10.2. The lowest BCUT2D eigenvalue weighted by Crippen LogP contribution is -1.89. The second-order valence-electron chi connectivity index (χ2n) is 3.96. The van der Waals surface area contributed by atoms with Crippen molar-refractivity contribution in [2.24, 2.45) is 0 Å². The summed E-state index contributed by atoms with van der Waals surface area (Å²) in [7, 11) is 0. The van der Waals surface area contributed by atoms with Gasteiger partial charge in [-0.15, -0.1) is 0 Å². The highest BCUT2D eigenvalue weighted by atomic mass is 16.4. The second kappa shape index (κ2) is 8.89. The van der Waals surface area contributed by atoms with Gasteiger partial charge in [0.15, 0.2) is 0 Å². The molecule has 3 heteroatoms. The number of nitrogens with zero attached hydrogens (tertiary/aromatic N) is 1. The molecule has 0 saturated heterocycles. The van der Waals surface area contributed by atoms with Gasteiger partial charge in [0.2, 0.25) is 0 Å². The third kappa shape index (κ3) is 5.58. The van der Waals surface area contributed by atoms with Gasteiger partial charge in [-0.05, 0) is 28.9 Å². The molecular formula is C18H15NO2. The van der Waals surface area contributed by atoms with E-state index < -0.39 is 5.97 Å². The van der Waals surface area contributed by atoms with Crippen LogP contribution in [-0.2, 0) is 4.79 Å². The van der Waals surface area contributed by atoms with E-state index in [2.05, 4.69) is 6.58 Å². The van der Waals surface area contributed by atoms with Crippen LogP contribution >= 0.6 is 0 Å². The first-order valence-electron chi connectivity index (χ1n) is 6.25. The number of aliphatic carboxylic acids is 1. The van der Waals surface area contributed by atoms with Gasteiger partial charge in [-0.2, -0.15) is 5.26 Å². The minimum absolute atomic E-state index is 0.676. The highest BCUT2D eigenvalue weighted by Crippen LogP contribution is 2.22. The van der Waals surface area contributed by atoms with Gasteiger partial charge in [0, 0.05) is 12.2 Å². The molecule has 0 atom stereocenters. The average Bonchev–Trinajstić information content (AvgIpc) is 2.50. The molecule has 1 aromatic carbocycles. The minimum Gasteiger partial charge on any atom is -0.478 e. The van der Waals surface area contributed by atoms with Crippen molar-refractivity contribution >= 4 is 11.5 Å². The molecule has 0 spiro atoms. The van der Waals surface area contributed by atoms with Crippen molar-refractivity contribution in [2.75, 3.05) is 0 Å². The number of carboxylic acid groups (broad SMARTS) is 1. The molecule has 0 unspecified atom stereocenters. The van der Waals surface area contributed by atoms with E-state index in [0.717, 1.165) is 17.2 Å². The van der Waals surface area contributed by atoms with Crippen molar-refractivity contribution in [2.45, 2.75) is 0 Å². The number of benzene rings is 1. The summed E-state index contributed by atoms with van der Waals surface area (Å²) in [6.45, 7) is 3.60. The molecule has 0 aromatic heterocycles. The Bertz CT molecular complexity index is 656. The third-order valence-electron chi connectivity index (χ3n) is 2.54. The van der Waals surface area contributed by atoms with Crippen LogP contribution in [0.25, 0.3) is 5.57 Å². The smallest absolute Gasteiger partial charge is 0.328 e. The molecule has 104 valence electrons. The van der Waals surface area contributed by atoms with Gasteiger partial charge in [-0.25, -0.2) is 4.79 Å². The third-order valence-corrected chi connectivity index (χ3v) is 2.54. The molecule has 0 bridgehead atoms. The Morgan fingerprint density at radius 1 is 1.14 bits per heavy atom. The maximum Gasteiger partial charge on any atom is 0.328 e. The van der Waals surface area contributed by atoms with E-state index in [1.165, 1.54) is 12.2 Å². The lowest BCUT2D eigenvalue weighted by Gasteiger charge is -2.06. The summed E-state index contributed by atoms with van der Waals surface area (Å²) >= 11 is 0. The highest BCUT2D eigenvalue weighted by Gasteiger charge is 2.02. The van der Waals surface area contributed by atoms with Crippen molar-refractivity contribution < 1.29 is 9.90 Å². The first kappa shape index (κ1) is 15.9. The van der Waals surface area contributed by atoms with Gasteiger partial charge in [0.25, 0.3) is 0 Å². The number of hydrogen-bond acceptors (Lipinski definition) is 2. The normalized spacial score (nSPS) is 12.5. The zero-order chi connectivity index (χ0) is 15.5. The summed E-state index contributed by atoms with van der Waals surface area (Å²) < 4.78 is 0. The van der Waals surface area contributed by atoms with Crippen LogP contribution in [0.15, 0.2) is 85.0 Å². The molecule has 3 nitrogen and oxygen atoms in total. The molecule has 0 fully saturated rings. The molecule has 21 heavy (non-hydrogen) atoms. The Kier molecular flexibility index (Phi) is 6.75. The Labute approximate surface area is 124 Å². The Morgan fingerprint density at radius 3 is 2.43 bits per heavy atom. The molecule has 0 radical (unpaired) electrons. The number of carbonyl (C=O) groups is 1. The van der Waals surface area contributed by atoms with Gasteiger partial charge >= 0.3 is 5.97 Å². The SMILES string of the molecule is C=CC=CC(C=CC(=O)O)=C(C=CC#N)c1ccccc1. The van der Waals surface area contributed by atoms with Gasteiger partial charge < -0.3 is 5.11 Å². The minimum atomic E-state index is -1.03. The second-order valence-corrected chi connectivity index (χ2v) is 3.96. The summed E-state index contributed by atoms with van der Waals surface area (Å²) in [5.74, 6) is -1.03. The van der Waals surface area contributed by atoms with Gasteiger partial charge in [-0.3, -0.25) is 0 Å². The van der Waals surface area contributed by atoms with Crippen molar-refractivity contribution in [3.05, 3.63) is 90.6 Å². The molecule has 0 heterocycles. The highest BCUT2D eigenvalue weighted by molar-refractivity contribution is 5.85. The number of rotatable bonds is 6. The van der Waals surface area contributed by atoms with Crippen LogP contribution in [0.3, 0.4) is 0 Å². The predicted molar refractivity (Wildman–Crippen MR) is 84.2 cm³/mol. The van der Waals surface area contributed by atoms with E-state index in [1.54, 1.807) is 24.3 Å². The zero-order valence-corrected chi connectivity index (χ0v) is 11.4. The molecule has 0 saturated carbocycles. The van der Waals surface area contributed by atoms with Crippen LogP contribution in [0.1, 0.15) is 5.56 Å². The molecule has 1 N–H and O–H groups in total. The first-order valence-corrected chi connectivity index (χ1v) is 6.25. The summed E-state index contributed by atoms with van der Waals surface area (Å²) in [5.41, 5.74) is 2.32. The Balaban J connectivity index is 3.47. The van der Waals surface area contributed by atoms with Crippen LogP contribution in [0.4, 0.5) is 0 Å². The Hall–Kier alpha value is -3.12. The Morgan fingerprint density at radius 2 is 1.86 bits per heavy atom. The fraction of sp³-hybridized carbons (Fsp3) is 0. The lowest BCUT2D eigenvalue weighted by atomic mass is 9.98. The summed E-state index contributed by atoms with van der Waals surface area (Å²) in [6, 6.07) is 11.4. The number of nitriles is 1. The van der Waals surface area contributed by atoms with Crippen LogP contribution < -0.4 is 0 Å². The van der Waals surface area contributed by atoms with Crippen LogP contribution in [0.2, 0.25) is 0 Å². The van der Waals surface area contributed by atoms with Crippen LogP contribution in [-0.4, -0.2) is 11.1 Å². The predicted octanol–water partition coefficient (Wildman–Crippen LogP) is 3.90. The van der Waals surface area contributed by atoms with E-state index in [0.29, 0.717) is 5.57 Å². The van der Waals surface area contributed by atoms with Crippen LogP contribution in [0.5, 0.6) is 0 Å². The summed E-state index contributed by atoms with van der Waals surface area (Å²) in [4.78, 5) is 10.7. The number of carboxylic acids is 1. The summed E-state index contributed by atoms with van der Waals surface area (Å²) in [5, 5.41) is 17.5. The number of allylic oxidation sites excluding steroid dienone is 8. The molecule has 1 aromatic rings. The van der Waals surface area contributed by atoms with Gasteiger partial charge in [0.1, 0.15) is 0 Å². The zero-order valence-electron chi connectivity index (χ0n) is 11.4. The molecular weight excluding hydrogens is 262 g/mol. The lowest BCUT2D eigenvalue weighted by molar-refractivity contribution is -0.131. The van der Waals surface area contributed by atoms with E-state index in [1.807, 2.05) is 36.4 Å². The van der Waals surface area contributed by atoms with Gasteiger partial charge in [-0.1, -0.05) is 55.1 Å². The molecule has 0 aliphatic rings. The topological polar surface area (TPSA) is 61.1 Å². The van der Waals surface area contributed by atoms with Crippen molar-refractivity contribution in [1.29, 1.82) is 5.26 Å². The van der Waals surface area contributed by atoms with E-state index >= 15 is 0 Å². The van der Waals surface area contributed by atoms with Crippen molar-refractivity contribution in [1.82, 2.24) is 0 Å². The maximum absolute atomic E-state index is 10.7. The monoisotopic (exact) mass is 277 g/mol. The fourth-order valence-corrected chi connectivity index (χ4v) is 1.67. The fourth-order valence-electron chi connectivity index (χ4n) is 1.67. The molecule has 0 amide bonds. The van der Waals surface area contributed by atoms with Crippen molar-refractivity contribution in [3.63, 3.8) is 0 Å². The number of hydrogen-bond donors (Lipinski definition) is 1. The van der Waals surface area contributed by atoms with E-state index in [9.17, 15) is 4.79 Å². The summed E-state index contributed by atoms with van der Waals surface area (Å²) in [6.07, 6.45) is 10.6. The standard InChI is InChI=1S/C18H15NO2/c1-2-3-8-16(12-13-18(20)21)17(11-7-14-19)15-9-5-4-6-10-15/h2-13H,1H2,(H,20,21). The van der Waals surface area contributed by atoms with E-state index in [4.69, 9.17) is 10.4 Å². The largest absolute Gasteiger partial charge is 0.478 e. The maximum atomic E-state index is 10.7. The van der Waals surface area contributed by atoms with Crippen LogP contribution in [0, 0.1) is 11.3 Å². The van der Waals surface area contributed by atoms with Gasteiger partial charge in [0.05, 0.1) is 6.07 Å². The van der Waals surface area contributed by atoms with Crippen molar-refractivity contribution in [3.8, 4) is 6.07 Å². The molecule has 0 aliphatic heterocycles. The average molecular weight is 277 g/mol. The van der Waals surface area contributed by atoms with E-state index in [-0.39, 0.29) is 0 Å². The molecule has 1 rings (SSSR count).